The molecule has 0 saturated carbocycles. The summed E-state index contributed by atoms with van der Waals surface area (Å²) in [5, 5.41) is 0. The van der Waals surface area contributed by atoms with E-state index in [1.165, 1.54) is 6.07 Å². The van der Waals surface area contributed by atoms with E-state index in [0.717, 1.165) is 70.6 Å². The van der Waals surface area contributed by atoms with Gasteiger partial charge in [-0.3, -0.25) is 9.69 Å². The molecule has 2 heterocycles. The average Bonchev–Trinajstić information content (AvgIpc) is 2.67. The molecule has 2 fully saturated rings. The van der Waals surface area contributed by atoms with E-state index >= 15 is 0 Å². The Morgan fingerprint density at radius 1 is 1.15 bits per heavy atom. The average molecular weight is 362 g/mol. The number of likely N-dealkylation sites (N-methyl/N-ethyl adjacent to an activating group) is 1. The molecule has 0 bridgehead atoms. The van der Waals surface area contributed by atoms with Gasteiger partial charge in [-0.2, -0.15) is 0 Å². The van der Waals surface area contributed by atoms with Crippen molar-refractivity contribution < 1.29 is 9.18 Å². The minimum Gasteiger partial charge on any atom is -0.339 e. The highest BCUT2D eigenvalue weighted by Crippen LogP contribution is 2.24. The second-order valence-corrected chi connectivity index (χ2v) is 7.75. The fourth-order valence-electron chi connectivity index (χ4n) is 4.25. The number of hydrogen-bond acceptors (Lipinski definition) is 3. The van der Waals surface area contributed by atoms with Gasteiger partial charge >= 0.3 is 0 Å². The highest BCUT2D eigenvalue weighted by Gasteiger charge is 2.30. The molecule has 2 aliphatic heterocycles. The predicted octanol–water partition coefficient (Wildman–Crippen LogP) is 2.63. The van der Waals surface area contributed by atoms with Gasteiger partial charge in [-0.25, -0.2) is 4.39 Å². The highest BCUT2D eigenvalue weighted by atomic mass is 19.1. The molecule has 1 aromatic carbocycles. The number of rotatable bonds is 5. The molecule has 0 aliphatic carbocycles. The van der Waals surface area contributed by atoms with Crippen LogP contribution in [0.25, 0.3) is 0 Å². The zero-order chi connectivity index (χ0) is 18.5. The molecule has 5 heteroatoms. The normalized spacial score (nSPS) is 21.7. The molecule has 3 rings (SSSR count). The second kappa shape index (κ2) is 8.96. The van der Waals surface area contributed by atoms with Crippen LogP contribution < -0.4 is 0 Å². The number of halogens is 1. The summed E-state index contributed by atoms with van der Waals surface area (Å²) in [6, 6.07) is 6.92. The topological polar surface area (TPSA) is 26.8 Å². The van der Waals surface area contributed by atoms with Crippen molar-refractivity contribution in [1.29, 1.82) is 0 Å². The van der Waals surface area contributed by atoms with Crippen LogP contribution in [0, 0.1) is 11.7 Å². The molecule has 0 aromatic heterocycles. The number of piperidine rings is 1. The van der Waals surface area contributed by atoms with E-state index in [-0.39, 0.29) is 17.8 Å². The van der Waals surface area contributed by atoms with Crippen LogP contribution >= 0.6 is 0 Å². The van der Waals surface area contributed by atoms with Gasteiger partial charge in [-0.1, -0.05) is 19.1 Å². The van der Waals surface area contributed by atoms with Gasteiger partial charge in [0.2, 0.25) is 5.91 Å². The third kappa shape index (κ3) is 4.83. The smallest absolute Gasteiger partial charge is 0.239 e. The maximum Gasteiger partial charge on any atom is 0.239 e. The van der Waals surface area contributed by atoms with Gasteiger partial charge in [0.15, 0.2) is 0 Å². The number of amides is 1. The Bertz CT molecular complexity index is 593. The molecule has 0 N–H and O–H groups in total. The Kier molecular flexibility index (Phi) is 6.65. The van der Waals surface area contributed by atoms with Crippen molar-refractivity contribution in [3.63, 3.8) is 0 Å². The summed E-state index contributed by atoms with van der Waals surface area (Å²) >= 11 is 0. The van der Waals surface area contributed by atoms with E-state index in [1.54, 1.807) is 12.1 Å². The molecule has 1 atom stereocenters. The minimum absolute atomic E-state index is 0.0294. The van der Waals surface area contributed by atoms with Crippen LogP contribution in [-0.2, 0) is 11.2 Å². The van der Waals surface area contributed by atoms with Crippen LogP contribution in [0.2, 0.25) is 0 Å². The van der Waals surface area contributed by atoms with Crippen LogP contribution in [-0.4, -0.2) is 72.5 Å². The first-order valence-electron chi connectivity index (χ1n) is 10.1. The highest BCUT2D eigenvalue weighted by molar-refractivity contribution is 5.81. The summed E-state index contributed by atoms with van der Waals surface area (Å²) in [5.74, 6) is 0.718. The fraction of sp³-hybridized carbons (Fsp3) is 0.667. The monoisotopic (exact) mass is 361 g/mol. The molecular weight excluding hydrogens is 329 g/mol. The van der Waals surface area contributed by atoms with Crippen molar-refractivity contribution in [3.8, 4) is 0 Å². The van der Waals surface area contributed by atoms with Crippen molar-refractivity contribution in [2.24, 2.45) is 5.92 Å². The Morgan fingerprint density at radius 2 is 1.85 bits per heavy atom. The van der Waals surface area contributed by atoms with Gasteiger partial charge in [0.25, 0.3) is 0 Å². The molecule has 2 saturated heterocycles. The lowest BCUT2D eigenvalue weighted by Gasteiger charge is -2.40. The molecule has 0 radical (unpaired) electrons. The summed E-state index contributed by atoms with van der Waals surface area (Å²) in [4.78, 5) is 19.6. The van der Waals surface area contributed by atoms with Crippen molar-refractivity contribution in [2.45, 2.75) is 39.2 Å². The van der Waals surface area contributed by atoms with Crippen molar-refractivity contribution in [3.05, 3.63) is 35.6 Å². The molecule has 1 unspecified atom stereocenters. The number of hydrogen-bond donors (Lipinski definition) is 0. The van der Waals surface area contributed by atoms with E-state index in [9.17, 15) is 9.18 Å². The standard InChI is InChI=1S/C21H32FN3O/c1-3-23-11-13-25(14-12-23)21(26)17(2)24-9-7-18(8-10-24)15-19-5-4-6-20(22)16-19/h4-6,16-18H,3,7-15H2,1-2H3. The lowest BCUT2D eigenvalue weighted by atomic mass is 9.89. The molecule has 2 aliphatic rings. The van der Waals surface area contributed by atoms with Gasteiger partial charge in [0.1, 0.15) is 5.82 Å². The summed E-state index contributed by atoms with van der Waals surface area (Å²) in [6.07, 6.45) is 3.10. The number of benzene rings is 1. The third-order valence-corrected chi connectivity index (χ3v) is 6.10. The predicted molar refractivity (Wildman–Crippen MR) is 103 cm³/mol. The summed E-state index contributed by atoms with van der Waals surface area (Å²) in [6.45, 7) is 10.9. The van der Waals surface area contributed by atoms with E-state index in [2.05, 4.69) is 23.6 Å². The zero-order valence-electron chi connectivity index (χ0n) is 16.2. The first kappa shape index (κ1) is 19.3. The van der Waals surface area contributed by atoms with E-state index in [4.69, 9.17) is 0 Å². The second-order valence-electron chi connectivity index (χ2n) is 7.75. The van der Waals surface area contributed by atoms with Crippen LogP contribution in [0.5, 0.6) is 0 Å². The zero-order valence-corrected chi connectivity index (χ0v) is 16.2. The number of carbonyl (C=O) groups excluding carboxylic acids is 1. The van der Waals surface area contributed by atoms with Crippen LogP contribution in [0.4, 0.5) is 4.39 Å². The maximum atomic E-state index is 13.3. The van der Waals surface area contributed by atoms with E-state index < -0.39 is 0 Å². The van der Waals surface area contributed by atoms with Gasteiger partial charge in [0, 0.05) is 26.2 Å². The maximum absolute atomic E-state index is 13.3. The van der Waals surface area contributed by atoms with Crippen molar-refractivity contribution in [1.82, 2.24) is 14.7 Å². The molecule has 1 aromatic rings. The summed E-state index contributed by atoms with van der Waals surface area (Å²) in [5.41, 5.74) is 1.08. The fourth-order valence-corrected chi connectivity index (χ4v) is 4.25. The lowest BCUT2D eigenvalue weighted by molar-refractivity contribution is -0.138. The first-order chi connectivity index (χ1) is 12.6. The largest absolute Gasteiger partial charge is 0.339 e. The van der Waals surface area contributed by atoms with E-state index in [0.29, 0.717) is 5.92 Å². The van der Waals surface area contributed by atoms with Gasteiger partial charge in [-0.15, -0.1) is 0 Å². The Balaban J connectivity index is 1.46. The third-order valence-electron chi connectivity index (χ3n) is 6.10. The SMILES string of the molecule is CCN1CCN(C(=O)C(C)N2CCC(Cc3cccc(F)c3)CC2)CC1. The lowest BCUT2D eigenvalue weighted by Crippen LogP contribution is -2.55. The molecule has 0 spiro atoms. The van der Waals surface area contributed by atoms with Crippen LogP contribution in [0.15, 0.2) is 24.3 Å². The summed E-state index contributed by atoms with van der Waals surface area (Å²) < 4.78 is 13.3. The van der Waals surface area contributed by atoms with Gasteiger partial charge < -0.3 is 9.80 Å². The number of likely N-dealkylation sites (tertiary alicyclic amines) is 1. The van der Waals surface area contributed by atoms with Crippen molar-refractivity contribution in [2.75, 3.05) is 45.8 Å². The Labute approximate surface area is 157 Å². The Hall–Kier alpha value is -1.46. The van der Waals surface area contributed by atoms with Crippen LogP contribution in [0.1, 0.15) is 32.3 Å². The van der Waals surface area contributed by atoms with Crippen molar-refractivity contribution >= 4 is 5.91 Å². The van der Waals surface area contributed by atoms with Crippen LogP contribution in [0.3, 0.4) is 0 Å². The van der Waals surface area contributed by atoms with Gasteiger partial charge in [-0.05, 0) is 69.4 Å². The number of nitrogens with zero attached hydrogens (tertiary/aromatic N) is 3. The Morgan fingerprint density at radius 3 is 2.46 bits per heavy atom. The minimum atomic E-state index is -0.151. The molecule has 26 heavy (non-hydrogen) atoms. The molecule has 4 nitrogen and oxygen atoms in total. The number of carbonyl (C=O) groups is 1. The quantitative estimate of drug-likeness (QED) is 0.807. The molecule has 1 amide bonds. The van der Waals surface area contributed by atoms with E-state index in [1.807, 2.05) is 11.0 Å². The van der Waals surface area contributed by atoms with Gasteiger partial charge in [0.05, 0.1) is 6.04 Å². The number of piperazine rings is 1. The summed E-state index contributed by atoms with van der Waals surface area (Å²) in [7, 11) is 0. The first-order valence-corrected chi connectivity index (χ1v) is 10.1. The molecular formula is C21H32FN3O. The molecule has 144 valence electrons.